The molecule has 19 heavy (non-hydrogen) atoms. The maximum absolute atomic E-state index is 12.1. The van der Waals surface area contributed by atoms with E-state index in [1.54, 1.807) is 4.90 Å². The number of piperidine rings is 1. The quantitative estimate of drug-likeness (QED) is 0.679. The van der Waals surface area contributed by atoms with Crippen LogP contribution in [-0.4, -0.2) is 59.0 Å². The van der Waals surface area contributed by atoms with E-state index < -0.39 is 5.97 Å². The highest BCUT2D eigenvalue weighted by atomic mass is 16.4. The topological polar surface area (TPSA) is 104 Å². The number of aliphatic carboxylic acids is 1. The van der Waals surface area contributed by atoms with Gasteiger partial charge in [-0.3, -0.25) is 9.59 Å². The van der Waals surface area contributed by atoms with Crippen molar-refractivity contribution in [3.63, 3.8) is 0 Å². The van der Waals surface area contributed by atoms with E-state index in [2.05, 4.69) is 6.58 Å². The molecule has 1 aliphatic heterocycles. The predicted octanol–water partition coefficient (Wildman–Crippen LogP) is -0.124. The van der Waals surface area contributed by atoms with Crippen LogP contribution in [0.15, 0.2) is 12.7 Å². The van der Waals surface area contributed by atoms with E-state index in [9.17, 15) is 14.4 Å². The molecule has 0 aliphatic carbocycles. The molecule has 0 spiro atoms. The first-order valence-corrected chi connectivity index (χ1v) is 6.11. The SMILES string of the molecule is C=CCN(CC(=O)O)C(=O)N1CCC(C(N)=O)CC1. The van der Waals surface area contributed by atoms with Gasteiger partial charge in [0, 0.05) is 25.6 Å². The first-order valence-electron chi connectivity index (χ1n) is 6.11. The molecule has 0 saturated carbocycles. The fourth-order valence-corrected chi connectivity index (χ4v) is 2.08. The molecule has 7 heteroatoms. The lowest BCUT2D eigenvalue weighted by Gasteiger charge is -2.34. The van der Waals surface area contributed by atoms with Crippen LogP contribution in [0.25, 0.3) is 0 Å². The fourth-order valence-electron chi connectivity index (χ4n) is 2.08. The maximum atomic E-state index is 12.1. The van der Waals surface area contributed by atoms with Gasteiger partial charge in [-0.15, -0.1) is 6.58 Å². The number of urea groups is 1. The lowest BCUT2D eigenvalue weighted by molar-refractivity contribution is -0.137. The molecule has 1 heterocycles. The standard InChI is InChI=1S/C12H19N3O4/c1-2-5-15(8-10(16)17)12(19)14-6-3-9(4-7-14)11(13)18/h2,9H,1,3-8H2,(H2,13,18)(H,16,17). The Bertz CT molecular complexity index is 375. The number of likely N-dealkylation sites (tertiary alicyclic amines) is 1. The van der Waals surface area contributed by atoms with Gasteiger partial charge in [0.15, 0.2) is 0 Å². The highest BCUT2D eigenvalue weighted by molar-refractivity contribution is 5.81. The van der Waals surface area contributed by atoms with Crippen LogP contribution < -0.4 is 5.73 Å². The van der Waals surface area contributed by atoms with Crippen LogP contribution in [-0.2, 0) is 9.59 Å². The first-order chi connectivity index (χ1) is 8.95. The molecule has 7 nitrogen and oxygen atoms in total. The molecule has 106 valence electrons. The monoisotopic (exact) mass is 269 g/mol. The Morgan fingerprint density at radius 1 is 1.37 bits per heavy atom. The summed E-state index contributed by atoms with van der Waals surface area (Å²) in [5.41, 5.74) is 5.22. The summed E-state index contributed by atoms with van der Waals surface area (Å²) >= 11 is 0. The summed E-state index contributed by atoms with van der Waals surface area (Å²) < 4.78 is 0. The van der Waals surface area contributed by atoms with Crippen molar-refractivity contribution in [1.82, 2.24) is 9.80 Å². The number of carboxylic acid groups (broad SMARTS) is 1. The summed E-state index contributed by atoms with van der Waals surface area (Å²) in [5.74, 6) is -1.61. The van der Waals surface area contributed by atoms with Crippen molar-refractivity contribution in [1.29, 1.82) is 0 Å². The van der Waals surface area contributed by atoms with Gasteiger partial charge in [-0.05, 0) is 12.8 Å². The molecule has 3 amide bonds. The number of nitrogens with two attached hydrogens (primary N) is 1. The molecule has 1 rings (SSSR count). The zero-order valence-electron chi connectivity index (χ0n) is 10.7. The lowest BCUT2D eigenvalue weighted by Crippen LogP contribution is -2.49. The van der Waals surface area contributed by atoms with Crippen LogP contribution in [0.4, 0.5) is 4.79 Å². The van der Waals surface area contributed by atoms with Crippen molar-refractivity contribution in [2.45, 2.75) is 12.8 Å². The minimum atomic E-state index is -1.07. The van der Waals surface area contributed by atoms with E-state index >= 15 is 0 Å². The number of primary amides is 1. The summed E-state index contributed by atoms with van der Waals surface area (Å²) in [7, 11) is 0. The van der Waals surface area contributed by atoms with Gasteiger partial charge in [-0.2, -0.15) is 0 Å². The van der Waals surface area contributed by atoms with E-state index in [0.29, 0.717) is 25.9 Å². The second-order valence-corrected chi connectivity index (χ2v) is 4.51. The lowest BCUT2D eigenvalue weighted by atomic mass is 9.96. The highest BCUT2D eigenvalue weighted by Crippen LogP contribution is 2.17. The van der Waals surface area contributed by atoms with Crippen LogP contribution in [0.2, 0.25) is 0 Å². The van der Waals surface area contributed by atoms with E-state index in [1.807, 2.05) is 0 Å². The van der Waals surface area contributed by atoms with Gasteiger partial charge >= 0.3 is 12.0 Å². The summed E-state index contributed by atoms with van der Waals surface area (Å²) in [5, 5.41) is 8.76. The van der Waals surface area contributed by atoms with E-state index in [1.165, 1.54) is 11.0 Å². The first kappa shape index (κ1) is 15.0. The third-order valence-corrected chi connectivity index (χ3v) is 3.11. The Morgan fingerprint density at radius 2 is 1.95 bits per heavy atom. The van der Waals surface area contributed by atoms with Crippen molar-refractivity contribution in [3.05, 3.63) is 12.7 Å². The third kappa shape index (κ3) is 4.27. The normalized spacial score (nSPS) is 15.9. The summed E-state index contributed by atoms with van der Waals surface area (Å²) in [6, 6.07) is -0.342. The Balaban J connectivity index is 2.58. The molecule has 0 atom stereocenters. The average molecular weight is 269 g/mol. The Labute approximate surface area is 111 Å². The summed E-state index contributed by atoms with van der Waals surface area (Å²) in [6.45, 7) is 4.16. The van der Waals surface area contributed by atoms with Gasteiger partial charge in [0.2, 0.25) is 5.91 Å². The van der Waals surface area contributed by atoms with Crippen molar-refractivity contribution >= 4 is 17.9 Å². The minimum Gasteiger partial charge on any atom is -0.480 e. The van der Waals surface area contributed by atoms with E-state index in [0.717, 1.165) is 0 Å². The molecular formula is C12H19N3O4. The minimum absolute atomic E-state index is 0.181. The number of hydrogen-bond donors (Lipinski definition) is 2. The predicted molar refractivity (Wildman–Crippen MR) is 68.3 cm³/mol. The number of carbonyl (C=O) groups excluding carboxylic acids is 2. The fraction of sp³-hybridized carbons (Fsp3) is 0.583. The van der Waals surface area contributed by atoms with Gasteiger partial charge in [0.05, 0.1) is 0 Å². The van der Waals surface area contributed by atoms with Crippen molar-refractivity contribution in [2.75, 3.05) is 26.2 Å². The van der Waals surface area contributed by atoms with Crippen LogP contribution in [0.1, 0.15) is 12.8 Å². The number of nitrogens with zero attached hydrogens (tertiary/aromatic N) is 2. The number of hydrogen-bond acceptors (Lipinski definition) is 3. The molecule has 1 saturated heterocycles. The number of amides is 3. The summed E-state index contributed by atoms with van der Waals surface area (Å²) in [6.07, 6.45) is 2.53. The second kappa shape index (κ2) is 6.77. The number of rotatable bonds is 5. The Morgan fingerprint density at radius 3 is 2.37 bits per heavy atom. The molecular weight excluding hydrogens is 250 g/mol. The number of carbonyl (C=O) groups is 3. The van der Waals surface area contributed by atoms with Gasteiger partial charge in [-0.25, -0.2) is 4.79 Å². The Hall–Kier alpha value is -2.05. The van der Waals surface area contributed by atoms with Crippen molar-refractivity contribution in [3.8, 4) is 0 Å². The van der Waals surface area contributed by atoms with Crippen LogP contribution in [0, 0.1) is 5.92 Å². The van der Waals surface area contributed by atoms with Crippen LogP contribution in [0.5, 0.6) is 0 Å². The molecule has 0 unspecified atom stereocenters. The molecule has 0 aromatic rings. The molecule has 1 fully saturated rings. The molecule has 3 N–H and O–H groups in total. The maximum Gasteiger partial charge on any atom is 0.323 e. The third-order valence-electron chi connectivity index (χ3n) is 3.11. The zero-order valence-corrected chi connectivity index (χ0v) is 10.7. The molecule has 0 bridgehead atoms. The number of carboxylic acids is 1. The smallest absolute Gasteiger partial charge is 0.323 e. The molecule has 0 radical (unpaired) electrons. The van der Waals surface area contributed by atoms with Gasteiger partial charge in [-0.1, -0.05) is 6.08 Å². The summed E-state index contributed by atoms with van der Waals surface area (Å²) in [4.78, 5) is 36.6. The highest BCUT2D eigenvalue weighted by Gasteiger charge is 2.28. The second-order valence-electron chi connectivity index (χ2n) is 4.51. The van der Waals surface area contributed by atoms with Crippen molar-refractivity contribution in [2.24, 2.45) is 11.7 Å². The largest absolute Gasteiger partial charge is 0.480 e. The molecule has 1 aliphatic rings. The Kier molecular flexibility index (Phi) is 5.35. The van der Waals surface area contributed by atoms with Crippen molar-refractivity contribution < 1.29 is 19.5 Å². The molecule has 0 aromatic carbocycles. The van der Waals surface area contributed by atoms with Gasteiger partial charge in [0.25, 0.3) is 0 Å². The van der Waals surface area contributed by atoms with Gasteiger partial charge in [0.1, 0.15) is 6.54 Å². The van der Waals surface area contributed by atoms with E-state index in [-0.39, 0.29) is 30.9 Å². The zero-order chi connectivity index (χ0) is 14.4. The van der Waals surface area contributed by atoms with E-state index in [4.69, 9.17) is 10.8 Å². The van der Waals surface area contributed by atoms with Gasteiger partial charge < -0.3 is 20.6 Å². The average Bonchev–Trinajstić information content (AvgIpc) is 2.37. The molecule has 0 aromatic heterocycles. The van der Waals surface area contributed by atoms with Crippen LogP contribution in [0.3, 0.4) is 0 Å². The van der Waals surface area contributed by atoms with Crippen LogP contribution >= 0.6 is 0 Å².